The highest BCUT2D eigenvalue weighted by molar-refractivity contribution is 9.10. The van der Waals surface area contributed by atoms with E-state index in [0.717, 1.165) is 5.69 Å². The van der Waals surface area contributed by atoms with Crippen molar-refractivity contribution in [3.63, 3.8) is 0 Å². The maximum absolute atomic E-state index is 12.1. The van der Waals surface area contributed by atoms with Crippen molar-refractivity contribution < 1.29 is 9.21 Å². The number of benzene rings is 1. The van der Waals surface area contributed by atoms with Crippen molar-refractivity contribution in [3.8, 4) is 5.69 Å². The van der Waals surface area contributed by atoms with Gasteiger partial charge in [0.25, 0.3) is 5.91 Å². The van der Waals surface area contributed by atoms with Crippen molar-refractivity contribution in [3.05, 3.63) is 65.5 Å². The van der Waals surface area contributed by atoms with Crippen molar-refractivity contribution in [2.24, 2.45) is 0 Å². The van der Waals surface area contributed by atoms with Gasteiger partial charge in [-0.15, -0.1) is 0 Å². The third-order valence-electron chi connectivity index (χ3n) is 2.77. The van der Waals surface area contributed by atoms with Crippen molar-refractivity contribution in [2.75, 3.05) is 5.32 Å². The Balaban J connectivity index is 1.83. The summed E-state index contributed by atoms with van der Waals surface area (Å²) in [5.74, 6) is -0.228. The van der Waals surface area contributed by atoms with Crippen LogP contribution in [-0.2, 0) is 0 Å². The van der Waals surface area contributed by atoms with Gasteiger partial charge in [-0.2, -0.15) is 0 Å². The third kappa shape index (κ3) is 2.50. The molecule has 0 spiro atoms. The first kappa shape index (κ1) is 12.7. The van der Waals surface area contributed by atoms with Crippen LogP contribution in [0.25, 0.3) is 5.69 Å². The largest absolute Gasteiger partial charge is 0.457 e. The molecule has 20 heavy (non-hydrogen) atoms. The third-order valence-corrected chi connectivity index (χ3v) is 3.38. The second-order valence-corrected chi connectivity index (χ2v) is 4.80. The van der Waals surface area contributed by atoms with E-state index in [1.165, 1.54) is 6.26 Å². The zero-order valence-corrected chi connectivity index (χ0v) is 11.9. The minimum Gasteiger partial charge on any atom is -0.457 e. The molecule has 1 N–H and O–H groups in total. The number of hydrogen-bond donors (Lipinski definition) is 1. The molecule has 0 atom stereocenters. The lowest BCUT2D eigenvalue weighted by atomic mass is 10.2. The quantitative estimate of drug-likeness (QED) is 0.799. The smallest absolute Gasteiger partial charge is 0.260 e. The Morgan fingerprint density at radius 2 is 2.25 bits per heavy atom. The summed E-state index contributed by atoms with van der Waals surface area (Å²) < 4.78 is 7.33. The predicted molar refractivity (Wildman–Crippen MR) is 77.9 cm³/mol. The predicted octanol–water partition coefficient (Wildman–Crippen LogP) is 3.48. The molecule has 3 aromatic rings. The Morgan fingerprint density at radius 3 is 2.95 bits per heavy atom. The average Bonchev–Trinajstić information content (AvgIpc) is 3.09. The summed E-state index contributed by atoms with van der Waals surface area (Å²) in [4.78, 5) is 16.1. The van der Waals surface area contributed by atoms with E-state index in [0.29, 0.717) is 15.9 Å². The average molecular weight is 332 g/mol. The maximum Gasteiger partial charge on any atom is 0.260 e. The van der Waals surface area contributed by atoms with Crippen LogP contribution in [0, 0.1) is 0 Å². The first-order valence-electron chi connectivity index (χ1n) is 5.87. The highest BCUT2D eigenvalue weighted by atomic mass is 79.9. The molecule has 1 amide bonds. The van der Waals surface area contributed by atoms with Gasteiger partial charge in [0, 0.05) is 23.8 Å². The highest BCUT2D eigenvalue weighted by Gasteiger charge is 2.12. The number of nitrogens with zero attached hydrogens (tertiary/aromatic N) is 2. The molecule has 2 heterocycles. The van der Waals surface area contributed by atoms with Crippen LogP contribution >= 0.6 is 15.9 Å². The van der Waals surface area contributed by atoms with E-state index in [2.05, 4.69) is 26.2 Å². The van der Waals surface area contributed by atoms with Gasteiger partial charge in [-0.05, 0) is 40.2 Å². The fourth-order valence-corrected chi connectivity index (χ4v) is 2.23. The van der Waals surface area contributed by atoms with Gasteiger partial charge < -0.3 is 14.3 Å². The monoisotopic (exact) mass is 331 g/mol. The molecule has 0 saturated carbocycles. The number of carbonyl (C=O) groups excluding carboxylic acids is 1. The van der Waals surface area contributed by atoms with E-state index in [1.54, 1.807) is 18.6 Å². The van der Waals surface area contributed by atoms with Crippen molar-refractivity contribution in [1.82, 2.24) is 9.55 Å². The summed E-state index contributed by atoms with van der Waals surface area (Å²) in [6.07, 6.45) is 6.70. The number of imidazole rings is 1. The fourth-order valence-electron chi connectivity index (χ4n) is 1.81. The first-order valence-corrected chi connectivity index (χ1v) is 6.66. The first-order chi connectivity index (χ1) is 9.74. The van der Waals surface area contributed by atoms with Gasteiger partial charge in [-0.1, -0.05) is 6.07 Å². The van der Waals surface area contributed by atoms with Crippen LogP contribution in [0.1, 0.15) is 10.4 Å². The summed E-state index contributed by atoms with van der Waals surface area (Å²) in [6, 6.07) is 9.11. The van der Waals surface area contributed by atoms with E-state index < -0.39 is 0 Å². The van der Waals surface area contributed by atoms with Gasteiger partial charge >= 0.3 is 0 Å². The minimum absolute atomic E-state index is 0.228. The zero-order valence-electron chi connectivity index (χ0n) is 10.3. The molecule has 0 aliphatic carbocycles. The molecule has 0 saturated heterocycles. The number of amides is 1. The molecule has 0 aliphatic heterocycles. The Hall–Kier alpha value is -2.34. The molecule has 5 nitrogen and oxygen atoms in total. The van der Waals surface area contributed by atoms with Gasteiger partial charge in [0.15, 0.2) is 4.67 Å². The standard InChI is InChI=1S/C14H10BrN3O2/c15-13-12(4-7-20-13)14(19)17-10-2-1-3-11(8-10)18-6-5-16-9-18/h1-9H,(H,17,19). The summed E-state index contributed by atoms with van der Waals surface area (Å²) in [5, 5.41) is 2.82. The van der Waals surface area contributed by atoms with Crippen LogP contribution in [0.3, 0.4) is 0 Å². The summed E-state index contributed by atoms with van der Waals surface area (Å²) >= 11 is 3.19. The molecular formula is C14H10BrN3O2. The number of nitrogens with one attached hydrogen (secondary N) is 1. The molecule has 1 aromatic carbocycles. The highest BCUT2D eigenvalue weighted by Crippen LogP contribution is 2.20. The van der Waals surface area contributed by atoms with Gasteiger partial charge in [-0.3, -0.25) is 4.79 Å². The van der Waals surface area contributed by atoms with Crippen LogP contribution in [0.4, 0.5) is 5.69 Å². The maximum atomic E-state index is 12.1. The number of anilines is 1. The Morgan fingerprint density at radius 1 is 1.35 bits per heavy atom. The summed E-state index contributed by atoms with van der Waals surface area (Å²) in [7, 11) is 0. The van der Waals surface area contributed by atoms with Gasteiger partial charge in [0.1, 0.15) is 0 Å². The van der Waals surface area contributed by atoms with E-state index in [-0.39, 0.29) is 5.91 Å². The molecule has 2 aromatic heterocycles. The van der Waals surface area contributed by atoms with Crippen molar-refractivity contribution >= 4 is 27.5 Å². The van der Waals surface area contributed by atoms with Gasteiger partial charge in [0.2, 0.25) is 0 Å². The molecule has 3 rings (SSSR count). The minimum atomic E-state index is -0.228. The molecule has 0 bridgehead atoms. The lowest BCUT2D eigenvalue weighted by molar-refractivity contribution is 0.102. The van der Waals surface area contributed by atoms with Crippen LogP contribution in [0.2, 0.25) is 0 Å². The number of halogens is 1. The number of hydrogen-bond acceptors (Lipinski definition) is 3. The van der Waals surface area contributed by atoms with E-state index >= 15 is 0 Å². The second-order valence-electron chi connectivity index (χ2n) is 4.08. The SMILES string of the molecule is O=C(Nc1cccc(-n2ccnc2)c1)c1ccoc1Br. The topological polar surface area (TPSA) is 60.1 Å². The van der Waals surface area contributed by atoms with Crippen molar-refractivity contribution in [1.29, 1.82) is 0 Å². The van der Waals surface area contributed by atoms with Gasteiger partial charge in [-0.25, -0.2) is 4.98 Å². The van der Waals surface area contributed by atoms with Crippen LogP contribution in [0.15, 0.2) is 64.4 Å². The lowest BCUT2D eigenvalue weighted by Gasteiger charge is -2.07. The van der Waals surface area contributed by atoms with Crippen molar-refractivity contribution in [2.45, 2.75) is 0 Å². The molecule has 0 aliphatic rings. The molecule has 100 valence electrons. The number of furan rings is 1. The van der Waals surface area contributed by atoms with E-state index in [1.807, 2.05) is 35.0 Å². The van der Waals surface area contributed by atoms with Crippen LogP contribution in [-0.4, -0.2) is 15.5 Å². The molecule has 0 radical (unpaired) electrons. The molecule has 6 heteroatoms. The number of rotatable bonds is 3. The number of aromatic nitrogens is 2. The lowest BCUT2D eigenvalue weighted by Crippen LogP contribution is -2.11. The Kier molecular flexibility index (Phi) is 3.39. The van der Waals surface area contributed by atoms with Gasteiger partial charge in [0.05, 0.1) is 18.2 Å². The molecule has 0 fully saturated rings. The number of carbonyl (C=O) groups is 1. The van der Waals surface area contributed by atoms with Crippen LogP contribution < -0.4 is 5.32 Å². The second kappa shape index (κ2) is 5.34. The summed E-state index contributed by atoms with van der Waals surface area (Å²) in [5.41, 5.74) is 2.08. The molecular weight excluding hydrogens is 322 g/mol. The zero-order chi connectivity index (χ0) is 13.9. The normalized spacial score (nSPS) is 10.4. The van der Waals surface area contributed by atoms with E-state index in [9.17, 15) is 4.79 Å². The summed E-state index contributed by atoms with van der Waals surface area (Å²) in [6.45, 7) is 0. The Labute approximate surface area is 123 Å². The van der Waals surface area contributed by atoms with Crippen LogP contribution in [0.5, 0.6) is 0 Å². The fraction of sp³-hybridized carbons (Fsp3) is 0. The molecule has 0 unspecified atom stereocenters. The Bertz CT molecular complexity index is 734. The van der Waals surface area contributed by atoms with E-state index in [4.69, 9.17) is 4.42 Å².